The molecule has 4 heteroatoms. The number of hydrogen-bond acceptors (Lipinski definition) is 2. The highest BCUT2D eigenvalue weighted by molar-refractivity contribution is 6.40. The van der Waals surface area contributed by atoms with Crippen molar-refractivity contribution in [3.63, 3.8) is 0 Å². The van der Waals surface area contributed by atoms with Crippen LogP contribution in [0.15, 0.2) is 29.8 Å². The molecule has 0 aliphatic rings. The van der Waals surface area contributed by atoms with Crippen molar-refractivity contribution in [2.45, 2.75) is 13.3 Å². The fourth-order valence-electron chi connectivity index (χ4n) is 1.23. The Morgan fingerprint density at radius 2 is 1.88 bits per heavy atom. The number of Topliss-reactive ketones (excluding diaryl/α,β-unsaturated/α-hetero) is 1. The van der Waals surface area contributed by atoms with Crippen LogP contribution in [0.1, 0.15) is 18.9 Å². The van der Waals surface area contributed by atoms with Gasteiger partial charge >= 0.3 is 5.97 Å². The van der Waals surface area contributed by atoms with Crippen LogP contribution in [-0.4, -0.2) is 16.9 Å². The monoisotopic (exact) mass is 238 g/mol. The lowest BCUT2D eigenvalue weighted by molar-refractivity contribution is -0.147. The highest BCUT2D eigenvalue weighted by Gasteiger charge is 2.15. The third-order valence-electron chi connectivity index (χ3n) is 2.08. The number of benzene rings is 1. The highest BCUT2D eigenvalue weighted by Crippen LogP contribution is 2.14. The average molecular weight is 239 g/mol. The van der Waals surface area contributed by atoms with Crippen molar-refractivity contribution < 1.29 is 14.7 Å². The predicted octanol–water partition coefficient (Wildman–Crippen LogP) is 2.79. The first-order chi connectivity index (χ1) is 7.54. The minimum Gasteiger partial charge on any atom is -0.475 e. The first kappa shape index (κ1) is 12.5. The van der Waals surface area contributed by atoms with E-state index in [0.717, 1.165) is 5.56 Å². The molecule has 0 spiro atoms. The maximum atomic E-state index is 11.3. The molecule has 0 saturated heterocycles. The first-order valence-electron chi connectivity index (χ1n) is 4.78. The summed E-state index contributed by atoms with van der Waals surface area (Å²) in [5.74, 6) is -2.29. The maximum absolute atomic E-state index is 11.3. The van der Waals surface area contributed by atoms with Crippen molar-refractivity contribution in [2.75, 3.05) is 0 Å². The number of carboxylic acids is 1. The van der Waals surface area contributed by atoms with Gasteiger partial charge in [-0.05, 0) is 30.2 Å². The molecule has 0 unspecified atom stereocenters. The SMILES string of the molecule is CCC(=Cc1ccc(Cl)cc1)C(=O)C(=O)O. The average Bonchev–Trinajstić information content (AvgIpc) is 2.27. The summed E-state index contributed by atoms with van der Waals surface area (Å²) < 4.78 is 0. The third kappa shape index (κ3) is 3.21. The molecule has 0 aliphatic heterocycles. The van der Waals surface area contributed by atoms with E-state index in [2.05, 4.69) is 0 Å². The standard InChI is InChI=1S/C12H11ClO3/c1-2-9(11(14)12(15)16)7-8-3-5-10(13)6-4-8/h3-7H,2H2,1H3,(H,15,16). The van der Waals surface area contributed by atoms with Gasteiger partial charge in [0.05, 0.1) is 0 Å². The Balaban J connectivity index is 3.00. The van der Waals surface area contributed by atoms with Crippen molar-refractivity contribution >= 4 is 29.4 Å². The largest absolute Gasteiger partial charge is 0.475 e. The topological polar surface area (TPSA) is 54.4 Å². The van der Waals surface area contributed by atoms with Gasteiger partial charge in [0.15, 0.2) is 0 Å². The number of aliphatic carboxylic acids is 1. The summed E-state index contributed by atoms with van der Waals surface area (Å²) in [6.07, 6.45) is 1.94. The van der Waals surface area contributed by atoms with E-state index in [-0.39, 0.29) is 5.57 Å². The molecule has 0 aromatic heterocycles. The molecule has 1 aromatic carbocycles. The van der Waals surface area contributed by atoms with Crippen LogP contribution in [0.4, 0.5) is 0 Å². The number of rotatable bonds is 4. The fourth-order valence-corrected chi connectivity index (χ4v) is 1.35. The number of hydrogen-bond donors (Lipinski definition) is 1. The van der Waals surface area contributed by atoms with Crippen molar-refractivity contribution in [3.8, 4) is 0 Å². The van der Waals surface area contributed by atoms with Crippen LogP contribution < -0.4 is 0 Å². The number of carbonyl (C=O) groups is 2. The lowest BCUT2D eigenvalue weighted by atomic mass is 10.0. The highest BCUT2D eigenvalue weighted by atomic mass is 35.5. The number of carbonyl (C=O) groups excluding carboxylic acids is 1. The van der Waals surface area contributed by atoms with Crippen LogP contribution in [-0.2, 0) is 9.59 Å². The van der Waals surface area contributed by atoms with Crippen LogP contribution >= 0.6 is 11.6 Å². The second-order valence-electron chi connectivity index (χ2n) is 3.21. The Morgan fingerprint density at radius 3 is 2.31 bits per heavy atom. The van der Waals surface area contributed by atoms with Crippen LogP contribution in [0.25, 0.3) is 6.08 Å². The Hall–Kier alpha value is -1.61. The molecule has 0 aliphatic carbocycles. The van der Waals surface area contributed by atoms with Crippen LogP contribution in [0.5, 0.6) is 0 Å². The molecule has 0 bridgehead atoms. The number of carboxylic acid groups (broad SMARTS) is 1. The van der Waals surface area contributed by atoms with Crippen LogP contribution in [0, 0.1) is 0 Å². The van der Waals surface area contributed by atoms with Crippen molar-refractivity contribution in [1.82, 2.24) is 0 Å². The molecular formula is C12H11ClO3. The zero-order valence-electron chi connectivity index (χ0n) is 8.74. The fraction of sp³-hybridized carbons (Fsp3) is 0.167. The van der Waals surface area contributed by atoms with Crippen molar-refractivity contribution in [1.29, 1.82) is 0 Å². The molecule has 3 nitrogen and oxygen atoms in total. The van der Waals surface area contributed by atoms with Gasteiger partial charge in [0.25, 0.3) is 5.78 Å². The molecule has 0 amide bonds. The normalized spacial score (nSPS) is 11.2. The van der Waals surface area contributed by atoms with E-state index in [1.54, 1.807) is 37.3 Å². The van der Waals surface area contributed by atoms with E-state index >= 15 is 0 Å². The molecule has 0 atom stereocenters. The van der Waals surface area contributed by atoms with Crippen LogP contribution in [0.2, 0.25) is 5.02 Å². The molecule has 0 heterocycles. The second kappa shape index (κ2) is 5.47. The van der Waals surface area contributed by atoms with Gasteiger partial charge in [-0.1, -0.05) is 30.7 Å². The second-order valence-corrected chi connectivity index (χ2v) is 3.65. The molecule has 0 saturated carbocycles. The summed E-state index contributed by atoms with van der Waals surface area (Å²) in [6, 6.07) is 6.83. The van der Waals surface area contributed by atoms with E-state index in [9.17, 15) is 9.59 Å². The van der Waals surface area contributed by atoms with Gasteiger partial charge in [-0.3, -0.25) is 4.79 Å². The van der Waals surface area contributed by atoms with Gasteiger partial charge in [-0.15, -0.1) is 0 Å². The summed E-state index contributed by atoms with van der Waals surface area (Å²) in [5.41, 5.74) is 1.03. The lowest BCUT2D eigenvalue weighted by Crippen LogP contribution is -2.14. The van der Waals surface area contributed by atoms with Gasteiger partial charge in [-0.2, -0.15) is 0 Å². The molecule has 1 rings (SSSR count). The quantitative estimate of drug-likeness (QED) is 0.648. The zero-order chi connectivity index (χ0) is 12.1. The van der Waals surface area contributed by atoms with Crippen LogP contribution in [0.3, 0.4) is 0 Å². The first-order valence-corrected chi connectivity index (χ1v) is 5.16. The van der Waals surface area contributed by atoms with Gasteiger partial charge in [0.2, 0.25) is 0 Å². The Bertz CT molecular complexity index is 432. The molecule has 16 heavy (non-hydrogen) atoms. The van der Waals surface area contributed by atoms with E-state index < -0.39 is 11.8 Å². The van der Waals surface area contributed by atoms with Gasteiger partial charge in [-0.25, -0.2) is 4.79 Å². The van der Waals surface area contributed by atoms with E-state index in [1.165, 1.54) is 0 Å². The number of ketones is 1. The smallest absolute Gasteiger partial charge is 0.376 e. The number of halogens is 1. The van der Waals surface area contributed by atoms with Crippen molar-refractivity contribution in [3.05, 3.63) is 40.4 Å². The summed E-state index contributed by atoms with van der Waals surface area (Å²) in [4.78, 5) is 21.8. The molecule has 1 N–H and O–H groups in total. The molecule has 84 valence electrons. The van der Waals surface area contributed by atoms with E-state index in [1.807, 2.05) is 0 Å². The molecule has 0 fully saturated rings. The van der Waals surface area contributed by atoms with Gasteiger partial charge in [0.1, 0.15) is 0 Å². The van der Waals surface area contributed by atoms with Gasteiger partial charge in [0, 0.05) is 10.6 Å². The Morgan fingerprint density at radius 1 is 1.31 bits per heavy atom. The zero-order valence-corrected chi connectivity index (χ0v) is 9.49. The Labute approximate surface area is 98.4 Å². The van der Waals surface area contributed by atoms with E-state index in [4.69, 9.17) is 16.7 Å². The maximum Gasteiger partial charge on any atom is 0.376 e. The van der Waals surface area contributed by atoms with Crippen molar-refractivity contribution in [2.24, 2.45) is 0 Å². The molecule has 1 aromatic rings. The lowest BCUT2D eigenvalue weighted by Gasteiger charge is -2.00. The summed E-state index contributed by atoms with van der Waals surface area (Å²) in [5, 5.41) is 9.19. The summed E-state index contributed by atoms with van der Waals surface area (Å²) >= 11 is 5.71. The predicted molar refractivity (Wildman–Crippen MR) is 62.4 cm³/mol. The molecule has 0 radical (unpaired) electrons. The summed E-state index contributed by atoms with van der Waals surface area (Å²) in [6.45, 7) is 1.74. The minimum atomic E-state index is -1.43. The minimum absolute atomic E-state index is 0.273. The Kier molecular flexibility index (Phi) is 4.26. The molecular weight excluding hydrogens is 228 g/mol. The third-order valence-corrected chi connectivity index (χ3v) is 2.33. The van der Waals surface area contributed by atoms with E-state index in [0.29, 0.717) is 11.4 Å². The summed E-state index contributed by atoms with van der Waals surface area (Å²) in [7, 11) is 0. The van der Waals surface area contributed by atoms with Gasteiger partial charge < -0.3 is 5.11 Å².